The minimum atomic E-state index is -5.17. The Kier molecular flexibility index (Phi) is 4.08. The molecular formula is C14H8BrF4N3O2. The summed E-state index contributed by atoms with van der Waals surface area (Å²) < 4.78 is 51.5. The molecule has 24 heavy (non-hydrogen) atoms. The maximum Gasteiger partial charge on any atom is 0.493 e. The summed E-state index contributed by atoms with van der Waals surface area (Å²) in [5.74, 6) is -2.78. The number of carbonyl (C=O) groups is 1. The van der Waals surface area contributed by atoms with Gasteiger partial charge >= 0.3 is 12.1 Å². The molecule has 0 bridgehead atoms. The molecule has 3 rings (SSSR count). The fourth-order valence-corrected chi connectivity index (χ4v) is 2.49. The summed E-state index contributed by atoms with van der Waals surface area (Å²) in [5, 5.41) is 3.51. The molecule has 0 saturated heterocycles. The van der Waals surface area contributed by atoms with E-state index in [2.05, 4.69) is 31.1 Å². The first-order valence-corrected chi connectivity index (χ1v) is 7.31. The van der Waals surface area contributed by atoms with Crippen LogP contribution in [0.5, 0.6) is 0 Å². The third-order valence-electron chi connectivity index (χ3n) is 3.16. The Labute approximate surface area is 141 Å². The predicted molar refractivity (Wildman–Crippen MR) is 79.3 cm³/mol. The number of nitrogens with one attached hydrogen (secondary N) is 1. The number of hydrogen-bond donors (Lipinski definition) is 1. The molecule has 0 amide bonds. The van der Waals surface area contributed by atoms with E-state index in [0.717, 1.165) is 11.1 Å². The van der Waals surface area contributed by atoms with Gasteiger partial charge in [0, 0.05) is 16.2 Å². The minimum Gasteiger partial charge on any atom is -0.342 e. The van der Waals surface area contributed by atoms with Gasteiger partial charge in [-0.15, -0.1) is 0 Å². The molecule has 2 aromatic rings. The van der Waals surface area contributed by atoms with Gasteiger partial charge in [0.1, 0.15) is 11.5 Å². The van der Waals surface area contributed by atoms with Crippen molar-refractivity contribution in [2.24, 2.45) is 0 Å². The number of carbonyl (C=O) groups excluding carboxylic acids is 1. The van der Waals surface area contributed by atoms with Crippen LogP contribution >= 0.6 is 15.9 Å². The number of nitrogens with zero attached hydrogens (tertiary/aromatic N) is 2. The lowest BCUT2D eigenvalue weighted by atomic mass is 10.2. The lowest BCUT2D eigenvalue weighted by Gasteiger charge is -2.25. The minimum absolute atomic E-state index is 0.108. The van der Waals surface area contributed by atoms with E-state index < -0.39 is 24.1 Å². The van der Waals surface area contributed by atoms with Crippen LogP contribution in [0.15, 0.2) is 41.0 Å². The largest absolute Gasteiger partial charge is 0.493 e. The highest BCUT2D eigenvalue weighted by molar-refractivity contribution is 9.10. The first-order chi connectivity index (χ1) is 11.3. The second-order valence-corrected chi connectivity index (χ2v) is 5.74. The zero-order valence-electron chi connectivity index (χ0n) is 11.6. The van der Waals surface area contributed by atoms with E-state index in [-0.39, 0.29) is 17.1 Å². The molecule has 0 spiro atoms. The average Bonchev–Trinajstić information content (AvgIpc) is 2.84. The summed E-state index contributed by atoms with van der Waals surface area (Å²) in [6.45, 7) is 0. The Hall–Kier alpha value is -2.36. The van der Waals surface area contributed by atoms with Gasteiger partial charge in [-0.05, 0) is 34.1 Å². The number of hydrogen-bond acceptors (Lipinski definition) is 5. The molecule has 1 N–H and O–H groups in total. The van der Waals surface area contributed by atoms with Gasteiger partial charge in [-0.1, -0.05) is 12.1 Å². The van der Waals surface area contributed by atoms with Crippen molar-refractivity contribution in [3.8, 4) is 0 Å². The highest BCUT2D eigenvalue weighted by Crippen LogP contribution is 2.41. The highest BCUT2D eigenvalue weighted by Gasteiger charge is 2.45. The number of halogens is 5. The van der Waals surface area contributed by atoms with Gasteiger partial charge in [0.2, 0.25) is 0 Å². The summed E-state index contributed by atoms with van der Waals surface area (Å²) in [5.41, 5.74) is 0.371. The fourth-order valence-electron chi connectivity index (χ4n) is 2.17. The number of pyridine rings is 1. The van der Waals surface area contributed by atoms with Crippen molar-refractivity contribution in [1.82, 2.24) is 4.98 Å². The van der Waals surface area contributed by atoms with Crippen molar-refractivity contribution < 1.29 is 27.2 Å². The highest BCUT2D eigenvalue weighted by atomic mass is 79.9. The summed E-state index contributed by atoms with van der Waals surface area (Å²) in [4.78, 5) is 19.7. The van der Waals surface area contributed by atoms with Crippen LogP contribution in [0.25, 0.3) is 0 Å². The molecule has 1 aromatic carbocycles. The summed E-state index contributed by atoms with van der Waals surface area (Å²) >= 11 is 3.15. The third-order valence-corrected chi connectivity index (χ3v) is 3.59. The van der Waals surface area contributed by atoms with Crippen LogP contribution in [0.1, 0.15) is 11.7 Å². The Balaban J connectivity index is 2.01. The molecule has 1 unspecified atom stereocenters. The monoisotopic (exact) mass is 405 g/mol. The number of fused-ring (bicyclic) bond motifs is 1. The molecule has 1 aliphatic heterocycles. The van der Waals surface area contributed by atoms with E-state index in [0.29, 0.717) is 4.47 Å². The molecule has 2 heterocycles. The molecule has 0 radical (unpaired) electrons. The van der Waals surface area contributed by atoms with Crippen molar-refractivity contribution in [3.63, 3.8) is 0 Å². The van der Waals surface area contributed by atoms with Gasteiger partial charge in [0.15, 0.2) is 12.0 Å². The Morgan fingerprint density at radius 3 is 2.75 bits per heavy atom. The Morgan fingerprint density at radius 1 is 1.33 bits per heavy atom. The van der Waals surface area contributed by atoms with E-state index in [1.165, 1.54) is 30.5 Å². The smallest absolute Gasteiger partial charge is 0.342 e. The van der Waals surface area contributed by atoms with Crippen LogP contribution in [0.2, 0.25) is 0 Å². The first kappa shape index (κ1) is 16.5. The topological polar surface area (TPSA) is 54.5 Å². The lowest BCUT2D eigenvalue weighted by Crippen LogP contribution is -2.36. The van der Waals surface area contributed by atoms with E-state index in [9.17, 15) is 22.4 Å². The summed E-state index contributed by atoms with van der Waals surface area (Å²) in [7, 11) is 0. The molecule has 0 saturated carbocycles. The third kappa shape index (κ3) is 3.14. The van der Waals surface area contributed by atoms with Crippen molar-refractivity contribution in [3.05, 3.63) is 52.4 Å². The molecule has 1 aliphatic rings. The number of anilines is 2. The van der Waals surface area contributed by atoms with Crippen LogP contribution in [-0.2, 0) is 9.63 Å². The second kappa shape index (κ2) is 5.93. The molecule has 1 atom stereocenters. The van der Waals surface area contributed by atoms with Crippen LogP contribution < -0.4 is 10.4 Å². The van der Waals surface area contributed by atoms with Crippen LogP contribution in [-0.4, -0.2) is 17.1 Å². The molecule has 126 valence electrons. The predicted octanol–water partition coefficient (Wildman–Crippen LogP) is 3.93. The molecule has 5 nitrogen and oxygen atoms in total. The van der Waals surface area contributed by atoms with Crippen molar-refractivity contribution in [2.45, 2.75) is 12.3 Å². The van der Waals surface area contributed by atoms with Gasteiger partial charge in [0.05, 0.1) is 0 Å². The molecular weight excluding hydrogens is 398 g/mol. The Morgan fingerprint density at radius 2 is 2.08 bits per heavy atom. The van der Waals surface area contributed by atoms with E-state index >= 15 is 0 Å². The maximum atomic E-state index is 13.4. The first-order valence-electron chi connectivity index (χ1n) is 6.51. The summed E-state index contributed by atoms with van der Waals surface area (Å²) in [6, 6.07) is 6.61. The lowest BCUT2D eigenvalue weighted by molar-refractivity contribution is -0.201. The normalized spacial score (nSPS) is 16.5. The number of benzene rings is 1. The van der Waals surface area contributed by atoms with Crippen molar-refractivity contribution in [1.29, 1.82) is 0 Å². The molecule has 0 fully saturated rings. The van der Waals surface area contributed by atoms with Crippen LogP contribution in [0.3, 0.4) is 0 Å². The van der Waals surface area contributed by atoms with E-state index in [1.807, 2.05) is 0 Å². The standard InChI is InChI=1S/C14H8BrF4N3O2/c15-8-5-10-11(20-6-8)21-12(7-2-1-3-9(16)4-7)22(10)24-13(23)14(17,18)19/h1-6,12H,(H,20,21). The average molecular weight is 406 g/mol. The van der Waals surface area contributed by atoms with Gasteiger partial charge in [0.25, 0.3) is 0 Å². The van der Waals surface area contributed by atoms with Gasteiger partial charge in [-0.3, -0.25) is 0 Å². The number of rotatable bonds is 2. The van der Waals surface area contributed by atoms with Gasteiger partial charge in [-0.2, -0.15) is 18.2 Å². The Bertz CT molecular complexity index is 800. The zero-order chi connectivity index (χ0) is 17.5. The maximum absolute atomic E-state index is 13.4. The fraction of sp³-hybridized carbons (Fsp3) is 0.143. The quantitative estimate of drug-likeness (QED) is 0.767. The van der Waals surface area contributed by atoms with E-state index in [1.54, 1.807) is 0 Å². The number of hydroxylamine groups is 1. The molecule has 10 heteroatoms. The van der Waals surface area contributed by atoms with Crippen LogP contribution in [0, 0.1) is 5.82 Å². The molecule has 0 aliphatic carbocycles. The van der Waals surface area contributed by atoms with E-state index in [4.69, 9.17) is 0 Å². The van der Waals surface area contributed by atoms with Crippen molar-refractivity contribution in [2.75, 3.05) is 10.4 Å². The second-order valence-electron chi connectivity index (χ2n) is 4.83. The zero-order valence-corrected chi connectivity index (χ0v) is 13.2. The molecule has 1 aromatic heterocycles. The summed E-state index contributed by atoms with van der Waals surface area (Å²) in [6.07, 6.45) is -4.80. The van der Waals surface area contributed by atoms with Crippen molar-refractivity contribution >= 4 is 33.4 Å². The number of aromatic nitrogens is 1. The number of alkyl halides is 3. The SMILES string of the molecule is O=C(ON1c2cc(Br)cnc2NC1c1cccc(F)c1)C(F)(F)F. The van der Waals surface area contributed by atoms with Crippen LogP contribution in [0.4, 0.5) is 29.1 Å². The van der Waals surface area contributed by atoms with Gasteiger partial charge in [-0.25, -0.2) is 14.2 Å². The van der Waals surface area contributed by atoms with Gasteiger partial charge < -0.3 is 10.2 Å².